The van der Waals surface area contributed by atoms with Gasteiger partial charge >= 0.3 is 5.97 Å². The monoisotopic (exact) mass is 281 g/mol. The van der Waals surface area contributed by atoms with E-state index in [4.69, 9.17) is 14.6 Å². The Kier molecular flexibility index (Phi) is 3.52. The first kappa shape index (κ1) is 12.6. The van der Waals surface area contributed by atoms with E-state index in [1.165, 1.54) is 0 Å². The summed E-state index contributed by atoms with van der Waals surface area (Å²) >= 11 is 1.60. The fourth-order valence-electron chi connectivity index (χ4n) is 2.15. The molecule has 3 rings (SSSR count). The first-order chi connectivity index (χ1) is 9.24. The summed E-state index contributed by atoms with van der Waals surface area (Å²) in [6, 6.07) is 5.32. The fraction of sp³-hybridized carbons (Fsp3) is 0.462. The van der Waals surface area contributed by atoms with Crippen LogP contribution >= 0.6 is 11.8 Å². The van der Waals surface area contributed by atoms with E-state index in [0.29, 0.717) is 19.0 Å². The van der Waals surface area contributed by atoms with Crippen LogP contribution in [0.25, 0.3) is 0 Å². The Morgan fingerprint density at radius 2 is 2.11 bits per heavy atom. The maximum atomic E-state index is 10.9. The van der Waals surface area contributed by atoms with Crippen molar-refractivity contribution in [1.82, 2.24) is 5.32 Å². The van der Waals surface area contributed by atoms with Gasteiger partial charge in [0.25, 0.3) is 0 Å². The molecule has 0 radical (unpaired) electrons. The number of carbonyl (C=O) groups is 1. The van der Waals surface area contributed by atoms with Crippen LogP contribution in [0.3, 0.4) is 0 Å². The molecule has 0 aromatic heterocycles. The summed E-state index contributed by atoms with van der Waals surface area (Å²) in [4.78, 5) is 10.9. The van der Waals surface area contributed by atoms with Crippen LogP contribution in [0.1, 0.15) is 17.4 Å². The normalized spacial score (nSPS) is 25.9. The quantitative estimate of drug-likeness (QED) is 0.859. The van der Waals surface area contributed by atoms with E-state index in [9.17, 15) is 4.79 Å². The van der Waals surface area contributed by atoms with E-state index in [1.54, 1.807) is 11.8 Å². The van der Waals surface area contributed by atoms with Crippen molar-refractivity contribution in [2.45, 2.75) is 17.8 Å². The van der Waals surface area contributed by atoms with Crippen molar-refractivity contribution in [3.63, 3.8) is 0 Å². The number of rotatable bonds is 2. The number of fused-ring (bicyclic) bond motifs is 1. The summed E-state index contributed by atoms with van der Waals surface area (Å²) in [7, 11) is 0. The fourth-order valence-corrected chi connectivity index (χ4v) is 3.37. The highest BCUT2D eigenvalue weighted by Gasteiger charge is 2.30. The number of hydrogen-bond acceptors (Lipinski definition) is 5. The molecule has 1 aromatic carbocycles. The minimum absolute atomic E-state index is 0.00162. The average molecular weight is 281 g/mol. The Morgan fingerprint density at radius 3 is 2.84 bits per heavy atom. The third-order valence-corrected chi connectivity index (χ3v) is 4.42. The van der Waals surface area contributed by atoms with Crippen LogP contribution in [-0.2, 0) is 4.79 Å². The zero-order chi connectivity index (χ0) is 13.2. The Labute approximate surface area is 115 Å². The van der Waals surface area contributed by atoms with Crippen molar-refractivity contribution in [3.8, 4) is 11.5 Å². The Bertz CT molecular complexity index is 494. The molecule has 0 aliphatic carbocycles. The van der Waals surface area contributed by atoms with Crippen LogP contribution in [0.5, 0.6) is 11.5 Å². The van der Waals surface area contributed by atoms with Gasteiger partial charge in [0, 0.05) is 12.2 Å². The molecule has 102 valence electrons. The second-order valence-corrected chi connectivity index (χ2v) is 5.67. The SMILES string of the molecule is O=C(O)[C@H]1CSC(c2ccc3c(c2)OCCCO3)N1. The molecule has 2 aliphatic rings. The van der Waals surface area contributed by atoms with Crippen LogP contribution < -0.4 is 14.8 Å². The van der Waals surface area contributed by atoms with Gasteiger partial charge in [0.2, 0.25) is 0 Å². The van der Waals surface area contributed by atoms with Crippen molar-refractivity contribution < 1.29 is 19.4 Å². The highest BCUT2D eigenvalue weighted by molar-refractivity contribution is 7.99. The first-order valence-corrected chi connectivity index (χ1v) is 7.29. The van der Waals surface area contributed by atoms with Crippen LogP contribution in [0.15, 0.2) is 18.2 Å². The molecule has 1 unspecified atom stereocenters. The molecular weight excluding hydrogens is 266 g/mol. The molecule has 6 heteroatoms. The second kappa shape index (κ2) is 5.30. The van der Waals surface area contributed by atoms with Gasteiger partial charge in [0.05, 0.1) is 18.6 Å². The van der Waals surface area contributed by atoms with Gasteiger partial charge in [-0.15, -0.1) is 11.8 Å². The topological polar surface area (TPSA) is 67.8 Å². The van der Waals surface area contributed by atoms with Gasteiger partial charge in [0.1, 0.15) is 6.04 Å². The lowest BCUT2D eigenvalue weighted by molar-refractivity contribution is -0.138. The molecule has 1 saturated heterocycles. The number of carboxylic acid groups (broad SMARTS) is 1. The zero-order valence-corrected chi connectivity index (χ0v) is 11.1. The summed E-state index contributed by atoms with van der Waals surface area (Å²) in [6.07, 6.45) is 0.877. The number of hydrogen-bond donors (Lipinski definition) is 2. The van der Waals surface area contributed by atoms with Crippen LogP contribution in [0.2, 0.25) is 0 Å². The number of benzene rings is 1. The molecule has 0 spiro atoms. The van der Waals surface area contributed by atoms with E-state index in [-0.39, 0.29) is 5.37 Å². The van der Waals surface area contributed by atoms with Crippen molar-refractivity contribution in [3.05, 3.63) is 23.8 Å². The van der Waals surface area contributed by atoms with Crippen molar-refractivity contribution in [2.75, 3.05) is 19.0 Å². The molecule has 2 N–H and O–H groups in total. The number of ether oxygens (including phenoxy) is 2. The number of aliphatic carboxylic acids is 1. The van der Waals surface area contributed by atoms with Gasteiger partial charge in [-0.2, -0.15) is 0 Å². The van der Waals surface area contributed by atoms with Gasteiger partial charge in [-0.1, -0.05) is 6.07 Å². The minimum Gasteiger partial charge on any atom is -0.490 e. The number of nitrogens with one attached hydrogen (secondary N) is 1. The molecule has 2 atom stereocenters. The first-order valence-electron chi connectivity index (χ1n) is 6.24. The molecule has 1 aromatic rings. The molecule has 2 heterocycles. The number of thioether (sulfide) groups is 1. The molecular formula is C13H15NO4S. The van der Waals surface area contributed by atoms with Gasteiger partial charge in [0.15, 0.2) is 11.5 Å². The standard InChI is InChI=1S/C13H15NO4S/c15-13(16)9-7-19-12(14-9)8-2-3-10-11(6-8)18-5-1-4-17-10/h2-3,6,9,12,14H,1,4-5,7H2,(H,15,16)/t9-,12?/m1/s1. The van der Waals surface area contributed by atoms with Crippen LogP contribution in [0.4, 0.5) is 0 Å². The third-order valence-electron chi connectivity index (χ3n) is 3.15. The molecule has 2 aliphatic heterocycles. The maximum Gasteiger partial charge on any atom is 0.321 e. The lowest BCUT2D eigenvalue weighted by atomic mass is 10.2. The lowest BCUT2D eigenvalue weighted by Gasteiger charge is -2.14. The maximum absolute atomic E-state index is 10.9. The summed E-state index contributed by atoms with van der Waals surface area (Å²) < 4.78 is 11.2. The van der Waals surface area contributed by atoms with Gasteiger partial charge in [-0.3, -0.25) is 10.1 Å². The van der Waals surface area contributed by atoms with Crippen molar-refractivity contribution in [2.24, 2.45) is 0 Å². The molecule has 5 nitrogen and oxygen atoms in total. The Morgan fingerprint density at radius 1 is 1.32 bits per heavy atom. The molecule has 1 fully saturated rings. The summed E-state index contributed by atoms with van der Waals surface area (Å²) in [6.45, 7) is 1.32. The zero-order valence-electron chi connectivity index (χ0n) is 10.3. The number of carboxylic acids is 1. The van der Waals surface area contributed by atoms with Gasteiger partial charge in [-0.05, 0) is 17.7 Å². The minimum atomic E-state index is -0.802. The predicted octanol–water partition coefficient (Wildman–Crippen LogP) is 1.64. The van der Waals surface area contributed by atoms with E-state index in [0.717, 1.165) is 23.5 Å². The summed E-state index contributed by atoms with van der Waals surface area (Å²) in [5, 5.41) is 12.1. The van der Waals surface area contributed by atoms with Crippen LogP contribution in [0, 0.1) is 0 Å². The predicted molar refractivity (Wildman–Crippen MR) is 71.8 cm³/mol. The lowest BCUT2D eigenvalue weighted by Crippen LogP contribution is -2.33. The highest BCUT2D eigenvalue weighted by Crippen LogP contribution is 2.38. The van der Waals surface area contributed by atoms with E-state index < -0.39 is 12.0 Å². The van der Waals surface area contributed by atoms with Gasteiger partial charge < -0.3 is 14.6 Å². The van der Waals surface area contributed by atoms with Crippen molar-refractivity contribution in [1.29, 1.82) is 0 Å². The third kappa shape index (κ3) is 2.64. The highest BCUT2D eigenvalue weighted by atomic mass is 32.2. The van der Waals surface area contributed by atoms with E-state index in [1.807, 2.05) is 18.2 Å². The average Bonchev–Trinajstić information content (AvgIpc) is 2.78. The molecule has 0 saturated carbocycles. The summed E-state index contributed by atoms with van der Waals surface area (Å²) in [5.41, 5.74) is 1.03. The summed E-state index contributed by atoms with van der Waals surface area (Å²) in [5.74, 6) is 1.29. The second-order valence-electron chi connectivity index (χ2n) is 4.53. The van der Waals surface area contributed by atoms with Crippen LogP contribution in [-0.4, -0.2) is 36.1 Å². The van der Waals surface area contributed by atoms with E-state index in [2.05, 4.69) is 5.32 Å². The Balaban J connectivity index is 1.79. The largest absolute Gasteiger partial charge is 0.490 e. The van der Waals surface area contributed by atoms with Crippen molar-refractivity contribution >= 4 is 17.7 Å². The molecule has 19 heavy (non-hydrogen) atoms. The molecule has 0 bridgehead atoms. The Hall–Kier alpha value is -1.40. The van der Waals surface area contributed by atoms with Gasteiger partial charge in [-0.25, -0.2) is 0 Å². The smallest absolute Gasteiger partial charge is 0.321 e. The molecule has 0 amide bonds. The van der Waals surface area contributed by atoms with E-state index >= 15 is 0 Å².